The molecule has 0 aromatic carbocycles. The number of aromatic nitrogens is 2. The van der Waals surface area contributed by atoms with E-state index in [0.29, 0.717) is 11.5 Å². The van der Waals surface area contributed by atoms with Crippen LogP contribution >= 0.6 is 0 Å². The maximum absolute atomic E-state index is 4.66. The highest BCUT2D eigenvalue weighted by Gasteiger charge is 2.41. The lowest BCUT2D eigenvalue weighted by Crippen LogP contribution is -2.34. The molecule has 1 N–H and O–H groups in total. The molecule has 1 fully saturated rings. The molecule has 0 radical (unpaired) electrons. The zero-order valence-corrected chi connectivity index (χ0v) is 8.79. The summed E-state index contributed by atoms with van der Waals surface area (Å²) in [7, 11) is 0. The summed E-state index contributed by atoms with van der Waals surface area (Å²) in [6.07, 6.45) is 4.92. The van der Waals surface area contributed by atoms with E-state index in [1.165, 1.54) is 19.2 Å². The summed E-state index contributed by atoms with van der Waals surface area (Å²) >= 11 is 0. The van der Waals surface area contributed by atoms with Gasteiger partial charge in [0.1, 0.15) is 0 Å². The number of rotatable bonds is 5. The van der Waals surface area contributed by atoms with Crippen molar-refractivity contribution in [3.63, 3.8) is 0 Å². The number of nitrogens with one attached hydrogen (secondary N) is 1. The third-order valence-electron chi connectivity index (χ3n) is 3.29. The first-order chi connectivity index (χ1) is 6.71. The lowest BCUT2D eigenvalue weighted by molar-refractivity contribution is 0.378. The molecule has 0 spiro atoms. The second kappa shape index (κ2) is 3.69. The fourth-order valence-corrected chi connectivity index (χ4v) is 1.58. The largest absolute Gasteiger partial charge is 0.343 e. The third kappa shape index (κ3) is 2.12. The molecule has 0 amide bonds. The Hall–Kier alpha value is -0.900. The second-order valence-corrected chi connectivity index (χ2v) is 4.43. The summed E-state index contributed by atoms with van der Waals surface area (Å²) < 4.78 is 4.66. The molecule has 1 aliphatic rings. The van der Waals surface area contributed by atoms with Crippen LogP contribution in [0, 0.1) is 5.41 Å². The molecule has 1 atom stereocenters. The SMILES string of the molecule is CC(NCCc1ncon1)C1(C)CC1. The van der Waals surface area contributed by atoms with E-state index in [9.17, 15) is 0 Å². The minimum Gasteiger partial charge on any atom is -0.343 e. The lowest BCUT2D eigenvalue weighted by Gasteiger charge is -2.19. The molecule has 2 rings (SSSR count). The molecule has 4 heteroatoms. The van der Waals surface area contributed by atoms with Crippen LogP contribution in [0.2, 0.25) is 0 Å². The Balaban J connectivity index is 1.68. The number of hydrogen-bond acceptors (Lipinski definition) is 4. The fourth-order valence-electron chi connectivity index (χ4n) is 1.58. The molecule has 0 aliphatic heterocycles. The van der Waals surface area contributed by atoms with Crippen molar-refractivity contribution in [3.8, 4) is 0 Å². The van der Waals surface area contributed by atoms with Crippen LogP contribution in [0.3, 0.4) is 0 Å². The zero-order valence-electron chi connectivity index (χ0n) is 8.79. The van der Waals surface area contributed by atoms with E-state index in [-0.39, 0.29) is 0 Å². The summed E-state index contributed by atoms with van der Waals surface area (Å²) in [5, 5.41) is 7.27. The average Bonchev–Trinajstić information content (AvgIpc) is 2.73. The smallest absolute Gasteiger partial charge is 0.213 e. The van der Waals surface area contributed by atoms with Gasteiger partial charge in [-0.3, -0.25) is 0 Å². The van der Waals surface area contributed by atoms with Gasteiger partial charge in [-0.2, -0.15) is 4.98 Å². The van der Waals surface area contributed by atoms with Gasteiger partial charge in [0.15, 0.2) is 5.82 Å². The molecule has 0 saturated heterocycles. The first-order valence-electron chi connectivity index (χ1n) is 5.19. The highest BCUT2D eigenvalue weighted by Crippen LogP contribution is 2.47. The second-order valence-electron chi connectivity index (χ2n) is 4.43. The molecule has 4 nitrogen and oxygen atoms in total. The van der Waals surface area contributed by atoms with Crippen molar-refractivity contribution in [3.05, 3.63) is 12.2 Å². The topological polar surface area (TPSA) is 51.0 Å². The molecular weight excluding hydrogens is 178 g/mol. The van der Waals surface area contributed by atoms with Gasteiger partial charge in [0.25, 0.3) is 0 Å². The van der Waals surface area contributed by atoms with Gasteiger partial charge in [-0.25, -0.2) is 0 Å². The van der Waals surface area contributed by atoms with Crippen LogP contribution in [0.5, 0.6) is 0 Å². The molecular formula is C10H17N3O. The van der Waals surface area contributed by atoms with Gasteiger partial charge in [-0.15, -0.1) is 0 Å². The summed E-state index contributed by atoms with van der Waals surface area (Å²) in [6.45, 7) is 5.51. The quantitative estimate of drug-likeness (QED) is 0.771. The summed E-state index contributed by atoms with van der Waals surface area (Å²) in [5.74, 6) is 0.783. The maximum atomic E-state index is 4.66. The van der Waals surface area contributed by atoms with Crippen LogP contribution in [-0.2, 0) is 6.42 Å². The van der Waals surface area contributed by atoms with E-state index < -0.39 is 0 Å². The first-order valence-corrected chi connectivity index (χ1v) is 5.19. The molecule has 1 aromatic rings. The summed E-state index contributed by atoms with van der Waals surface area (Å²) in [6, 6.07) is 0.592. The highest BCUT2D eigenvalue weighted by atomic mass is 16.5. The van der Waals surface area contributed by atoms with Crippen LogP contribution in [0.4, 0.5) is 0 Å². The van der Waals surface area contributed by atoms with Crippen molar-refractivity contribution in [1.82, 2.24) is 15.5 Å². The molecule has 1 aromatic heterocycles. The van der Waals surface area contributed by atoms with E-state index in [0.717, 1.165) is 18.8 Å². The van der Waals surface area contributed by atoms with E-state index in [1.807, 2.05) is 0 Å². The van der Waals surface area contributed by atoms with E-state index in [1.54, 1.807) is 0 Å². The van der Waals surface area contributed by atoms with E-state index in [4.69, 9.17) is 0 Å². The van der Waals surface area contributed by atoms with Crippen molar-refractivity contribution < 1.29 is 4.52 Å². The Morgan fingerprint density at radius 2 is 2.43 bits per heavy atom. The van der Waals surface area contributed by atoms with Gasteiger partial charge in [0.2, 0.25) is 6.39 Å². The van der Waals surface area contributed by atoms with Crippen molar-refractivity contribution in [2.24, 2.45) is 5.41 Å². The Kier molecular flexibility index (Phi) is 2.54. The minimum atomic E-state index is 0.539. The Morgan fingerprint density at radius 1 is 1.64 bits per heavy atom. The highest BCUT2D eigenvalue weighted by molar-refractivity contribution is 4.96. The van der Waals surface area contributed by atoms with Crippen molar-refractivity contribution in [2.45, 2.75) is 39.2 Å². The van der Waals surface area contributed by atoms with Crippen LogP contribution in [0.25, 0.3) is 0 Å². The molecule has 14 heavy (non-hydrogen) atoms. The molecule has 1 saturated carbocycles. The van der Waals surface area contributed by atoms with Crippen LogP contribution in [0.15, 0.2) is 10.9 Å². The van der Waals surface area contributed by atoms with Gasteiger partial charge in [-0.1, -0.05) is 12.1 Å². The van der Waals surface area contributed by atoms with E-state index in [2.05, 4.69) is 33.8 Å². The molecule has 1 heterocycles. The predicted octanol–water partition coefficient (Wildman–Crippen LogP) is 1.39. The van der Waals surface area contributed by atoms with Gasteiger partial charge in [0.05, 0.1) is 0 Å². The van der Waals surface area contributed by atoms with Gasteiger partial charge in [0, 0.05) is 19.0 Å². The predicted molar refractivity (Wildman–Crippen MR) is 52.8 cm³/mol. The average molecular weight is 195 g/mol. The van der Waals surface area contributed by atoms with E-state index >= 15 is 0 Å². The van der Waals surface area contributed by atoms with Crippen LogP contribution < -0.4 is 5.32 Å². The van der Waals surface area contributed by atoms with Crippen molar-refractivity contribution in [2.75, 3.05) is 6.54 Å². The van der Waals surface area contributed by atoms with Gasteiger partial charge in [-0.05, 0) is 25.2 Å². The minimum absolute atomic E-state index is 0.539. The van der Waals surface area contributed by atoms with Crippen LogP contribution in [0.1, 0.15) is 32.5 Å². The third-order valence-corrected chi connectivity index (χ3v) is 3.29. The van der Waals surface area contributed by atoms with Gasteiger partial charge >= 0.3 is 0 Å². The molecule has 0 bridgehead atoms. The normalized spacial score (nSPS) is 20.7. The van der Waals surface area contributed by atoms with Crippen molar-refractivity contribution in [1.29, 1.82) is 0 Å². The maximum Gasteiger partial charge on any atom is 0.213 e. The zero-order chi connectivity index (χ0) is 10.0. The Morgan fingerprint density at radius 3 is 3.00 bits per heavy atom. The van der Waals surface area contributed by atoms with Crippen molar-refractivity contribution >= 4 is 0 Å². The molecule has 78 valence electrons. The standard InChI is InChI=1S/C10H17N3O/c1-8(10(2)4-5-10)11-6-3-9-12-7-14-13-9/h7-8,11H,3-6H2,1-2H3. The monoisotopic (exact) mass is 195 g/mol. The number of hydrogen-bond donors (Lipinski definition) is 1. The lowest BCUT2D eigenvalue weighted by atomic mass is 10.0. The van der Waals surface area contributed by atoms with Gasteiger partial charge < -0.3 is 9.84 Å². The fraction of sp³-hybridized carbons (Fsp3) is 0.800. The Bertz CT molecular complexity index is 280. The molecule has 1 unspecified atom stereocenters. The summed E-state index contributed by atoms with van der Waals surface area (Å²) in [5.41, 5.74) is 0.539. The number of nitrogens with zero attached hydrogens (tertiary/aromatic N) is 2. The van der Waals surface area contributed by atoms with Crippen LogP contribution in [-0.4, -0.2) is 22.7 Å². The molecule has 1 aliphatic carbocycles. The summed E-state index contributed by atoms with van der Waals surface area (Å²) in [4.78, 5) is 3.97. The Labute approximate surface area is 84.1 Å². The first kappa shape index (κ1) is 9.65.